The summed E-state index contributed by atoms with van der Waals surface area (Å²) in [6, 6.07) is -0.000596. The van der Waals surface area contributed by atoms with Crippen LogP contribution in [0.1, 0.15) is 38.5 Å². The predicted octanol–water partition coefficient (Wildman–Crippen LogP) is 1.62. The number of carbonyl (C=O) groups excluding carboxylic acids is 1. The van der Waals surface area contributed by atoms with Crippen LogP contribution in [0, 0.1) is 17.8 Å². The lowest BCUT2D eigenvalue weighted by Gasteiger charge is -2.30. The van der Waals surface area contributed by atoms with Crippen LogP contribution in [-0.4, -0.2) is 23.2 Å². The lowest BCUT2D eigenvalue weighted by molar-refractivity contribution is -0.127. The second-order valence-electron chi connectivity index (χ2n) is 5.85. The molecule has 1 amide bonds. The number of nitrogens with one attached hydrogen (secondary N) is 1. The minimum atomic E-state index is -0.332. The van der Waals surface area contributed by atoms with Crippen LogP contribution in [0.4, 0.5) is 0 Å². The van der Waals surface area contributed by atoms with Gasteiger partial charge in [-0.1, -0.05) is 25.0 Å². The molecule has 2 N–H and O–H groups in total. The second-order valence-corrected chi connectivity index (χ2v) is 5.85. The van der Waals surface area contributed by atoms with Gasteiger partial charge in [-0.15, -0.1) is 0 Å². The fraction of sp³-hybridized carbons (Fsp3) is 0.786. The van der Waals surface area contributed by atoms with Gasteiger partial charge in [0, 0.05) is 5.92 Å². The zero-order valence-corrected chi connectivity index (χ0v) is 10.1. The molecule has 3 rings (SSSR count). The van der Waals surface area contributed by atoms with Crippen LogP contribution < -0.4 is 5.32 Å². The van der Waals surface area contributed by atoms with E-state index in [0.29, 0.717) is 11.8 Å². The molecular weight excluding hydrogens is 214 g/mol. The summed E-state index contributed by atoms with van der Waals surface area (Å²) in [4.78, 5) is 12.2. The molecule has 0 heterocycles. The Kier molecular flexibility index (Phi) is 2.95. The molecule has 0 saturated heterocycles. The topological polar surface area (TPSA) is 49.3 Å². The maximum Gasteiger partial charge on any atom is 0.224 e. The molecule has 0 aromatic rings. The highest BCUT2D eigenvalue weighted by atomic mass is 16.3. The normalized spacial score (nSPS) is 43.9. The first kappa shape index (κ1) is 11.3. The second kappa shape index (κ2) is 4.45. The molecule has 3 nitrogen and oxygen atoms in total. The fourth-order valence-corrected chi connectivity index (χ4v) is 3.65. The largest absolute Gasteiger partial charge is 0.391 e. The summed E-state index contributed by atoms with van der Waals surface area (Å²) in [7, 11) is 0. The van der Waals surface area contributed by atoms with Crippen molar-refractivity contribution in [3.63, 3.8) is 0 Å². The van der Waals surface area contributed by atoms with E-state index in [4.69, 9.17) is 0 Å². The summed E-state index contributed by atoms with van der Waals surface area (Å²) >= 11 is 0. The van der Waals surface area contributed by atoms with Gasteiger partial charge in [-0.05, 0) is 37.5 Å². The van der Waals surface area contributed by atoms with Gasteiger partial charge in [0.05, 0.1) is 12.1 Å². The van der Waals surface area contributed by atoms with Crippen molar-refractivity contribution in [1.82, 2.24) is 5.32 Å². The van der Waals surface area contributed by atoms with E-state index in [0.717, 1.165) is 38.5 Å². The standard InChI is InChI=1S/C14H21NO2/c16-13-4-2-1-3-12(13)15-14(17)11-8-9-5-6-10(11)7-9/h5-6,9-13,16H,1-4,7-8H2,(H,15,17). The molecule has 2 saturated carbocycles. The number of allylic oxidation sites excluding steroid dienone is 2. The van der Waals surface area contributed by atoms with Gasteiger partial charge in [0.2, 0.25) is 5.91 Å². The summed E-state index contributed by atoms with van der Waals surface area (Å²) in [6.07, 6.45) is 10.3. The van der Waals surface area contributed by atoms with Crippen LogP contribution >= 0.6 is 0 Å². The summed E-state index contributed by atoms with van der Waals surface area (Å²) in [5.74, 6) is 1.43. The molecule has 3 aliphatic rings. The van der Waals surface area contributed by atoms with Crippen LogP contribution in [0.3, 0.4) is 0 Å². The maximum atomic E-state index is 12.2. The lowest BCUT2D eigenvalue weighted by atomic mass is 9.89. The van der Waals surface area contributed by atoms with E-state index < -0.39 is 0 Å². The SMILES string of the molecule is O=C(NC1CCCCC1O)C1CC2C=CC1C2. The van der Waals surface area contributed by atoms with Gasteiger partial charge in [-0.2, -0.15) is 0 Å². The molecule has 2 fully saturated rings. The van der Waals surface area contributed by atoms with Crippen molar-refractivity contribution in [1.29, 1.82) is 0 Å². The molecule has 0 radical (unpaired) electrons. The Labute approximate surface area is 102 Å². The van der Waals surface area contributed by atoms with Crippen LogP contribution in [-0.2, 0) is 4.79 Å². The highest BCUT2D eigenvalue weighted by Gasteiger charge is 2.40. The predicted molar refractivity (Wildman–Crippen MR) is 65.2 cm³/mol. The molecule has 2 bridgehead atoms. The Balaban J connectivity index is 1.58. The van der Waals surface area contributed by atoms with Crippen molar-refractivity contribution in [2.24, 2.45) is 17.8 Å². The van der Waals surface area contributed by atoms with Gasteiger partial charge in [0.25, 0.3) is 0 Å². The zero-order chi connectivity index (χ0) is 11.8. The molecule has 5 unspecified atom stereocenters. The summed E-state index contributed by atoms with van der Waals surface area (Å²) in [5.41, 5.74) is 0. The molecular formula is C14H21NO2. The average Bonchev–Trinajstić information content (AvgIpc) is 2.94. The van der Waals surface area contributed by atoms with Gasteiger partial charge in [0.15, 0.2) is 0 Å². The van der Waals surface area contributed by atoms with Crippen LogP contribution in [0.25, 0.3) is 0 Å². The van der Waals surface area contributed by atoms with E-state index in [-0.39, 0.29) is 24.0 Å². The number of carbonyl (C=O) groups is 1. The van der Waals surface area contributed by atoms with Crippen LogP contribution in [0.5, 0.6) is 0 Å². The first-order valence-corrected chi connectivity index (χ1v) is 6.91. The van der Waals surface area contributed by atoms with Crippen molar-refractivity contribution < 1.29 is 9.90 Å². The lowest BCUT2D eigenvalue weighted by Crippen LogP contribution is -2.47. The summed E-state index contributed by atoms with van der Waals surface area (Å²) < 4.78 is 0. The maximum absolute atomic E-state index is 12.2. The molecule has 0 aromatic heterocycles. The molecule has 0 aromatic carbocycles. The van der Waals surface area contributed by atoms with E-state index in [1.165, 1.54) is 0 Å². The van der Waals surface area contributed by atoms with Crippen molar-refractivity contribution >= 4 is 5.91 Å². The Bertz CT molecular complexity index is 339. The van der Waals surface area contributed by atoms with Crippen molar-refractivity contribution in [2.45, 2.75) is 50.7 Å². The average molecular weight is 235 g/mol. The minimum absolute atomic E-state index is 0.000596. The summed E-state index contributed by atoms with van der Waals surface area (Å²) in [6.45, 7) is 0. The number of hydrogen-bond donors (Lipinski definition) is 2. The van der Waals surface area contributed by atoms with Gasteiger partial charge in [-0.3, -0.25) is 4.79 Å². The Hall–Kier alpha value is -0.830. The van der Waals surface area contributed by atoms with Crippen LogP contribution in [0.15, 0.2) is 12.2 Å². The van der Waals surface area contributed by atoms with Crippen molar-refractivity contribution in [2.75, 3.05) is 0 Å². The van der Waals surface area contributed by atoms with Gasteiger partial charge in [0.1, 0.15) is 0 Å². The van der Waals surface area contributed by atoms with Crippen molar-refractivity contribution in [3.8, 4) is 0 Å². The third kappa shape index (κ3) is 2.13. The first-order chi connectivity index (χ1) is 8.24. The Morgan fingerprint density at radius 1 is 1.18 bits per heavy atom. The monoisotopic (exact) mass is 235 g/mol. The van der Waals surface area contributed by atoms with E-state index >= 15 is 0 Å². The van der Waals surface area contributed by atoms with Gasteiger partial charge in [-0.25, -0.2) is 0 Å². The van der Waals surface area contributed by atoms with Gasteiger partial charge >= 0.3 is 0 Å². The van der Waals surface area contributed by atoms with Crippen LogP contribution in [0.2, 0.25) is 0 Å². The summed E-state index contributed by atoms with van der Waals surface area (Å²) in [5, 5.41) is 12.9. The third-order valence-electron chi connectivity index (χ3n) is 4.67. The number of amides is 1. The third-order valence-corrected chi connectivity index (χ3v) is 4.67. The molecule has 0 spiro atoms. The van der Waals surface area contributed by atoms with Crippen molar-refractivity contribution in [3.05, 3.63) is 12.2 Å². The highest BCUT2D eigenvalue weighted by molar-refractivity contribution is 5.80. The molecule has 94 valence electrons. The van der Waals surface area contributed by atoms with E-state index in [1.54, 1.807) is 0 Å². The number of fused-ring (bicyclic) bond motifs is 2. The first-order valence-electron chi connectivity index (χ1n) is 6.91. The Morgan fingerprint density at radius 3 is 2.65 bits per heavy atom. The molecule has 3 heteroatoms. The smallest absolute Gasteiger partial charge is 0.224 e. The van der Waals surface area contributed by atoms with E-state index in [1.807, 2.05) is 0 Å². The number of rotatable bonds is 2. The fourth-order valence-electron chi connectivity index (χ4n) is 3.65. The zero-order valence-electron chi connectivity index (χ0n) is 10.1. The molecule has 3 aliphatic carbocycles. The number of hydrogen-bond acceptors (Lipinski definition) is 2. The van der Waals surface area contributed by atoms with E-state index in [9.17, 15) is 9.90 Å². The quantitative estimate of drug-likeness (QED) is 0.715. The minimum Gasteiger partial charge on any atom is -0.391 e. The highest BCUT2D eigenvalue weighted by Crippen LogP contribution is 2.43. The molecule has 17 heavy (non-hydrogen) atoms. The molecule has 5 atom stereocenters. The van der Waals surface area contributed by atoms with E-state index in [2.05, 4.69) is 17.5 Å². The Morgan fingerprint density at radius 2 is 2.00 bits per heavy atom. The number of aliphatic hydroxyl groups excluding tert-OH is 1. The number of aliphatic hydroxyl groups is 1. The van der Waals surface area contributed by atoms with Gasteiger partial charge < -0.3 is 10.4 Å². The molecule has 0 aliphatic heterocycles.